The van der Waals surface area contributed by atoms with Gasteiger partial charge in [0.05, 0.1) is 12.8 Å². The van der Waals surface area contributed by atoms with Crippen LogP contribution >= 0.6 is 0 Å². The molecule has 0 saturated carbocycles. The summed E-state index contributed by atoms with van der Waals surface area (Å²) in [6.45, 7) is 3.70. The summed E-state index contributed by atoms with van der Waals surface area (Å²) >= 11 is 0. The lowest BCUT2D eigenvalue weighted by atomic mass is 9.93. The zero-order valence-electron chi connectivity index (χ0n) is 12.3. The van der Waals surface area contributed by atoms with E-state index in [0.29, 0.717) is 11.1 Å². The van der Waals surface area contributed by atoms with Gasteiger partial charge in [0, 0.05) is 11.1 Å². The number of benzene rings is 1. The molecule has 0 saturated heterocycles. The van der Waals surface area contributed by atoms with E-state index >= 15 is 0 Å². The Kier molecular flexibility index (Phi) is 3.08. The Labute approximate surface area is 125 Å². The second kappa shape index (κ2) is 4.62. The van der Waals surface area contributed by atoms with E-state index < -0.39 is 28.4 Å². The van der Waals surface area contributed by atoms with Crippen LogP contribution in [0.4, 0.5) is 15.8 Å². The molecule has 0 amide bonds. The quantitative estimate of drug-likeness (QED) is 0.733. The van der Waals surface area contributed by atoms with E-state index in [2.05, 4.69) is 10.6 Å². The molecule has 1 aliphatic heterocycles. The highest BCUT2D eigenvalue weighted by molar-refractivity contribution is 5.74. The first-order valence-corrected chi connectivity index (χ1v) is 6.71. The predicted molar refractivity (Wildman–Crippen MR) is 78.7 cm³/mol. The summed E-state index contributed by atoms with van der Waals surface area (Å²) < 4.78 is 19.0. The third-order valence-corrected chi connectivity index (χ3v) is 3.96. The fourth-order valence-electron chi connectivity index (χ4n) is 2.84. The Morgan fingerprint density at radius 2 is 1.95 bits per heavy atom. The molecule has 2 aromatic carbocycles. The van der Waals surface area contributed by atoms with Crippen LogP contribution in [0, 0.1) is 5.82 Å². The highest BCUT2D eigenvalue weighted by Gasteiger charge is 2.38. The molecule has 22 heavy (non-hydrogen) atoms. The van der Waals surface area contributed by atoms with Crippen molar-refractivity contribution in [2.24, 2.45) is 0 Å². The molecule has 3 N–H and O–H groups in total. The number of ether oxygens (including phenoxy) is 1. The van der Waals surface area contributed by atoms with Crippen molar-refractivity contribution in [2.75, 3.05) is 12.4 Å². The van der Waals surface area contributed by atoms with E-state index in [-0.39, 0.29) is 17.1 Å². The van der Waals surface area contributed by atoms with Crippen LogP contribution in [0.25, 0.3) is 0 Å². The van der Waals surface area contributed by atoms with Crippen molar-refractivity contribution in [1.82, 2.24) is 5.32 Å². The molecule has 6 nitrogen and oxygen atoms in total. The van der Waals surface area contributed by atoms with Crippen molar-refractivity contribution < 1.29 is 14.2 Å². The summed E-state index contributed by atoms with van der Waals surface area (Å²) in [6, 6.07) is 2.83. The molecule has 1 atom stereocenters. The van der Waals surface area contributed by atoms with Gasteiger partial charge >= 0.3 is 0 Å². The van der Waals surface area contributed by atoms with E-state index in [0.717, 1.165) is 0 Å². The average molecular weight is 306 g/mol. The third kappa shape index (κ3) is 1.86. The van der Waals surface area contributed by atoms with E-state index in [4.69, 9.17) is 4.74 Å². The first-order valence-electron chi connectivity index (χ1n) is 6.71. The number of halogens is 1. The Morgan fingerprint density at radius 1 is 1.27 bits per heavy atom. The van der Waals surface area contributed by atoms with Gasteiger partial charge in [0.15, 0.2) is 5.75 Å². The lowest BCUT2D eigenvalue weighted by molar-refractivity contribution is 0.125. The minimum Gasteiger partial charge on any atom is -0.491 e. The number of fused-ring (bicyclic) bond motifs is 1. The predicted octanol–water partition coefficient (Wildman–Crippen LogP) is 1.00. The zero-order valence-corrected chi connectivity index (χ0v) is 12.3. The van der Waals surface area contributed by atoms with Gasteiger partial charge in [-0.25, -0.2) is 4.39 Å². The monoisotopic (exact) mass is 306 g/mol. The van der Waals surface area contributed by atoms with Gasteiger partial charge in [0.25, 0.3) is 10.9 Å². The second-order valence-corrected chi connectivity index (χ2v) is 5.75. The van der Waals surface area contributed by atoms with Crippen molar-refractivity contribution >= 4 is 11.4 Å². The number of rotatable bonds is 3. The number of methoxy groups -OCH3 is 1. The second-order valence-electron chi connectivity index (χ2n) is 5.75. The summed E-state index contributed by atoms with van der Waals surface area (Å²) in [7, 11) is 1.26. The van der Waals surface area contributed by atoms with E-state index in [1.165, 1.54) is 13.2 Å². The number of aliphatic hydroxyl groups is 1. The maximum absolute atomic E-state index is 14.2. The van der Waals surface area contributed by atoms with Gasteiger partial charge < -0.3 is 15.2 Å². The Balaban J connectivity index is 2.13. The fraction of sp³-hybridized carbons (Fsp3) is 0.333. The molecule has 2 aromatic rings. The van der Waals surface area contributed by atoms with Crippen LogP contribution in [-0.2, 0) is 5.54 Å². The van der Waals surface area contributed by atoms with Gasteiger partial charge in [-0.2, -0.15) is 0 Å². The zero-order chi connectivity index (χ0) is 16.2. The number of aliphatic hydroxyl groups excluding tert-OH is 1. The Bertz CT molecular complexity index is 837. The van der Waals surface area contributed by atoms with Gasteiger partial charge in [-0.1, -0.05) is 6.07 Å². The maximum atomic E-state index is 14.2. The van der Waals surface area contributed by atoms with Crippen LogP contribution in [0.2, 0.25) is 0 Å². The van der Waals surface area contributed by atoms with E-state index in [1.54, 1.807) is 6.07 Å². The molecule has 0 radical (unpaired) electrons. The van der Waals surface area contributed by atoms with Crippen molar-refractivity contribution in [2.45, 2.75) is 25.6 Å². The smallest absolute Gasteiger partial charge is 0.272 e. The van der Waals surface area contributed by atoms with Gasteiger partial charge in [-0.15, -0.1) is 0 Å². The first kappa shape index (κ1) is 14.7. The van der Waals surface area contributed by atoms with Crippen LogP contribution in [0.15, 0.2) is 21.7 Å². The molecule has 0 aliphatic carbocycles. The lowest BCUT2D eigenvalue weighted by Gasteiger charge is -2.20. The molecular formula is C15H15FN2O4. The SMILES string of the molecule is COc1c(Nc2c(F)ccc3c2C(O)NC3(C)C)c(=O)c1=O. The molecule has 0 fully saturated rings. The molecule has 0 bridgehead atoms. The minimum atomic E-state index is -1.08. The van der Waals surface area contributed by atoms with Crippen molar-refractivity contribution in [3.63, 3.8) is 0 Å². The van der Waals surface area contributed by atoms with E-state index in [9.17, 15) is 19.1 Å². The van der Waals surface area contributed by atoms with Gasteiger partial charge in [0.1, 0.15) is 17.7 Å². The van der Waals surface area contributed by atoms with Gasteiger partial charge in [0.2, 0.25) is 0 Å². The summed E-state index contributed by atoms with van der Waals surface area (Å²) in [4.78, 5) is 23.0. The number of anilines is 2. The fourth-order valence-corrected chi connectivity index (χ4v) is 2.84. The Hall–Kier alpha value is -2.25. The molecule has 116 valence electrons. The van der Waals surface area contributed by atoms with Crippen LogP contribution < -0.4 is 26.2 Å². The van der Waals surface area contributed by atoms with E-state index in [1.807, 2.05) is 13.8 Å². The van der Waals surface area contributed by atoms with Crippen molar-refractivity contribution in [3.05, 3.63) is 49.5 Å². The average Bonchev–Trinajstić information content (AvgIpc) is 2.69. The Morgan fingerprint density at radius 3 is 2.59 bits per heavy atom. The molecule has 1 heterocycles. The summed E-state index contributed by atoms with van der Waals surface area (Å²) in [5.41, 5.74) is -1.17. The van der Waals surface area contributed by atoms with Crippen LogP contribution in [0.5, 0.6) is 5.75 Å². The standard InChI is InChI=1S/C15H15FN2O4/c1-15(2)6-4-5-7(16)9(8(6)14(21)18-15)17-10-11(19)12(20)13(10)22-3/h4-5,14,17-18,21H,1-3H3. The normalized spacial score (nSPS) is 19.2. The molecule has 0 spiro atoms. The van der Waals surface area contributed by atoms with Crippen molar-refractivity contribution in [1.29, 1.82) is 0 Å². The maximum Gasteiger partial charge on any atom is 0.272 e. The molecule has 7 heteroatoms. The van der Waals surface area contributed by atoms with Crippen LogP contribution in [-0.4, -0.2) is 12.2 Å². The summed E-state index contributed by atoms with van der Waals surface area (Å²) in [5.74, 6) is -0.769. The summed E-state index contributed by atoms with van der Waals surface area (Å²) in [5, 5.41) is 15.7. The lowest BCUT2D eigenvalue weighted by Crippen LogP contribution is -2.34. The molecule has 3 rings (SSSR count). The van der Waals surface area contributed by atoms with Crippen LogP contribution in [0.1, 0.15) is 31.2 Å². The number of hydrogen-bond acceptors (Lipinski definition) is 6. The highest BCUT2D eigenvalue weighted by Crippen LogP contribution is 2.42. The molecule has 1 aliphatic rings. The molecule has 1 unspecified atom stereocenters. The number of nitrogens with one attached hydrogen (secondary N) is 2. The summed E-state index contributed by atoms with van der Waals surface area (Å²) in [6.07, 6.45) is -1.08. The van der Waals surface area contributed by atoms with Gasteiger partial charge in [-0.3, -0.25) is 14.9 Å². The first-order chi connectivity index (χ1) is 10.3. The molecule has 0 aromatic heterocycles. The molecular weight excluding hydrogens is 291 g/mol. The van der Waals surface area contributed by atoms with Crippen LogP contribution in [0.3, 0.4) is 0 Å². The minimum absolute atomic E-state index is 0.0338. The third-order valence-electron chi connectivity index (χ3n) is 3.96. The highest BCUT2D eigenvalue weighted by atomic mass is 19.1. The van der Waals surface area contributed by atoms with Crippen molar-refractivity contribution in [3.8, 4) is 5.75 Å². The topological polar surface area (TPSA) is 87.7 Å². The van der Waals surface area contributed by atoms with Gasteiger partial charge in [-0.05, 0) is 25.5 Å². The largest absolute Gasteiger partial charge is 0.491 e. The number of hydrogen-bond donors (Lipinski definition) is 3.